The van der Waals surface area contributed by atoms with Crippen LogP contribution < -0.4 is 0 Å². The van der Waals surface area contributed by atoms with Gasteiger partial charge in [-0.15, -0.1) is 10.2 Å². The van der Waals surface area contributed by atoms with E-state index in [4.69, 9.17) is 16.7 Å². The number of benzene rings is 2. The van der Waals surface area contributed by atoms with Crippen LogP contribution in [0.3, 0.4) is 0 Å². The Morgan fingerprint density at radius 3 is 2.34 bits per heavy atom. The number of hydrogen-bond acceptors (Lipinski definition) is 4. The van der Waals surface area contributed by atoms with E-state index in [2.05, 4.69) is 62.2 Å². The van der Waals surface area contributed by atoms with Crippen molar-refractivity contribution < 1.29 is 0 Å². The quantitative estimate of drug-likeness (QED) is 0.326. The Bertz CT molecular complexity index is 954. The van der Waals surface area contributed by atoms with Crippen LogP contribution in [0.4, 0.5) is 0 Å². The van der Waals surface area contributed by atoms with E-state index < -0.39 is 0 Å². The molecule has 0 radical (unpaired) electrons. The maximum atomic E-state index is 5.97. The lowest BCUT2D eigenvalue weighted by Crippen LogP contribution is -2.10. The molecule has 0 amide bonds. The van der Waals surface area contributed by atoms with Crippen LogP contribution in [0.15, 0.2) is 58.8 Å². The highest BCUT2D eigenvalue weighted by atomic mass is 35.5. The molecular weight excluding hydrogens is 400 g/mol. The molecule has 0 saturated carbocycles. The van der Waals surface area contributed by atoms with Crippen LogP contribution in [0.25, 0.3) is 0 Å². The Hall–Kier alpha value is -2.11. The first-order valence-electron chi connectivity index (χ1n) is 9.83. The second kappa shape index (κ2) is 9.59. The molecule has 2 aromatic carbocycles. The van der Waals surface area contributed by atoms with Gasteiger partial charge in [-0.25, -0.2) is 0 Å². The minimum atomic E-state index is 0.143. The van der Waals surface area contributed by atoms with E-state index in [0.29, 0.717) is 0 Å². The third kappa shape index (κ3) is 5.94. The molecule has 0 aliphatic heterocycles. The number of hydrogen-bond donors (Lipinski definition) is 0. The lowest BCUT2D eigenvalue weighted by molar-refractivity contribution is 0.590. The topological polar surface area (TPSA) is 43.1 Å². The fraction of sp³-hybridized carbons (Fsp3) is 0.348. The number of nitrogens with zero attached hydrogens (tertiary/aromatic N) is 4. The van der Waals surface area contributed by atoms with Gasteiger partial charge in [0.15, 0.2) is 5.82 Å². The molecule has 0 aliphatic carbocycles. The Morgan fingerprint density at radius 2 is 1.72 bits per heavy atom. The summed E-state index contributed by atoms with van der Waals surface area (Å²) >= 11 is 7.60. The molecule has 6 heteroatoms. The van der Waals surface area contributed by atoms with Crippen LogP contribution in [0, 0.1) is 0 Å². The van der Waals surface area contributed by atoms with Crippen LogP contribution in [-0.2, 0) is 17.6 Å². The summed E-state index contributed by atoms with van der Waals surface area (Å²) in [4.78, 5) is 0. The molecule has 0 aliphatic rings. The molecule has 0 atom stereocenters. The van der Waals surface area contributed by atoms with E-state index in [9.17, 15) is 0 Å². The summed E-state index contributed by atoms with van der Waals surface area (Å²) in [6.07, 6.45) is 3.71. The molecular formula is C23H27ClN4S. The Labute approximate surface area is 182 Å². The summed E-state index contributed by atoms with van der Waals surface area (Å²) in [6, 6.07) is 16.4. The normalized spacial score (nSPS) is 12.0. The van der Waals surface area contributed by atoms with Crippen LogP contribution >= 0.6 is 23.4 Å². The molecule has 3 rings (SSSR count). The summed E-state index contributed by atoms with van der Waals surface area (Å²) in [5.41, 5.74) is 3.70. The fourth-order valence-electron chi connectivity index (χ4n) is 2.80. The van der Waals surface area contributed by atoms with E-state index in [1.165, 1.54) is 11.1 Å². The predicted molar refractivity (Wildman–Crippen MR) is 123 cm³/mol. The van der Waals surface area contributed by atoms with Crippen molar-refractivity contribution in [2.75, 3.05) is 0 Å². The summed E-state index contributed by atoms with van der Waals surface area (Å²) in [6.45, 7) is 8.78. The van der Waals surface area contributed by atoms with Crippen LogP contribution in [-0.4, -0.2) is 21.1 Å². The summed E-state index contributed by atoms with van der Waals surface area (Å²) in [5.74, 6) is 1.67. The van der Waals surface area contributed by atoms with Gasteiger partial charge in [0.1, 0.15) is 0 Å². The molecule has 0 unspecified atom stereocenters. The lowest BCUT2D eigenvalue weighted by Gasteiger charge is -2.18. The van der Waals surface area contributed by atoms with Gasteiger partial charge >= 0.3 is 0 Å². The summed E-state index contributed by atoms with van der Waals surface area (Å²) in [5, 5.41) is 15.0. The van der Waals surface area contributed by atoms with E-state index >= 15 is 0 Å². The molecule has 0 N–H and O–H groups in total. The van der Waals surface area contributed by atoms with Gasteiger partial charge in [0.05, 0.1) is 6.21 Å². The zero-order chi connectivity index (χ0) is 20.9. The highest BCUT2D eigenvalue weighted by Crippen LogP contribution is 2.24. The first-order chi connectivity index (χ1) is 13.9. The van der Waals surface area contributed by atoms with Gasteiger partial charge in [-0.1, -0.05) is 87.5 Å². The Morgan fingerprint density at radius 1 is 1.03 bits per heavy atom. The fourth-order valence-corrected chi connectivity index (χ4v) is 3.79. The van der Waals surface area contributed by atoms with E-state index in [1.807, 2.05) is 35.2 Å². The Kier molecular flexibility index (Phi) is 7.14. The van der Waals surface area contributed by atoms with Crippen molar-refractivity contribution in [2.45, 2.75) is 56.9 Å². The maximum Gasteiger partial charge on any atom is 0.212 e. The number of rotatable bonds is 7. The van der Waals surface area contributed by atoms with Gasteiger partial charge in [0.25, 0.3) is 0 Å². The largest absolute Gasteiger partial charge is 0.212 e. The van der Waals surface area contributed by atoms with Gasteiger partial charge in [-0.05, 0) is 40.7 Å². The Balaban J connectivity index is 1.78. The minimum Gasteiger partial charge on any atom is -0.191 e. The molecule has 4 nitrogen and oxygen atoms in total. The molecule has 0 spiro atoms. The van der Waals surface area contributed by atoms with Crippen molar-refractivity contribution in [1.82, 2.24) is 14.9 Å². The van der Waals surface area contributed by atoms with E-state index in [0.717, 1.165) is 40.2 Å². The van der Waals surface area contributed by atoms with Crippen molar-refractivity contribution in [3.8, 4) is 0 Å². The molecule has 0 bridgehead atoms. The third-order valence-corrected chi connectivity index (χ3v) is 5.77. The monoisotopic (exact) mass is 426 g/mol. The van der Waals surface area contributed by atoms with Crippen LogP contribution in [0.5, 0.6) is 0 Å². The van der Waals surface area contributed by atoms with Gasteiger partial charge in [0, 0.05) is 17.2 Å². The van der Waals surface area contributed by atoms with Gasteiger partial charge in [-0.3, -0.25) is 0 Å². The number of halogens is 1. The van der Waals surface area contributed by atoms with Gasteiger partial charge in [0.2, 0.25) is 5.16 Å². The zero-order valence-electron chi connectivity index (χ0n) is 17.4. The minimum absolute atomic E-state index is 0.143. The summed E-state index contributed by atoms with van der Waals surface area (Å²) < 4.78 is 1.86. The number of aryl methyl sites for hydroxylation is 1. The second-order valence-corrected chi connectivity index (χ2v) is 9.37. The lowest BCUT2D eigenvalue weighted by atomic mass is 9.87. The molecule has 1 aromatic heterocycles. The second-order valence-electron chi connectivity index (χ2n) is 7.99. The average Bonchev–Trinajstić information content (AvgIpc) is 3.07. The average molecular weight is 427 g/mol. The smallest absolute Gasteiger partial charge is 0.191 e. The van der Waals surface area contributed by atoms with Crippen molar-refractivity contribution in [3.05, 3.63) is 76.1 Å². The molecule has 29 heavy (non-hydrogen) atoms. The molecule has 152 valence electrons. The third-order valence-electron chi connectivity index (χ3n) is 4.53. The SMILES string of the molecule is CCCc1nnc(SCc2ccc(Cl)cc2)n1/N=C\c1ccc(C(C)(C)C)cc1. The van der Waals surface area contributed by atoms with Crippen molar-refractivity contribution in [2.24, 2.45) is 5.10 Å². The van der Waals surface area contributed by atoms with Crippen LogP contribution in [0.2, 0.25) is 5.02 Å². The van der Waals surface area contributed by atoms with Crippen molar-refractivity contribution in [1.29, 1.82) is 0 Å². The van der Waals surface area contributed by atoms with Gasteiger partial charge < -0.3 is 0 Å². The molecule has 1 heterocycles. The van der Waals surface area contributed by atoms with Crippen molar-refractivity contribution >= 4 is 29.6 Å². The molecule has 3 aromatic rings. The van der Waals surface area contributed by atoms with E-state index in [-0.39, 0.29) is 5.41 Å². The van der Waals surface area contributed by atoms with E-state index in [1.54, 1.807) is 11.8 Å². The maximum absolute atomic E-state index is 5.97. The van der Waals surface area contributed by atoms with Crippen molar-refractivity contribution in [3.63, 3.8) is 0 Å². The number of thioether (sulfide) groups is 1. The standard InChI is InChI=1S/C23H27ClN4S/c1-5-6-21-26-27-22(29-16-18-9-13-20(24)14-10-18)28(21)25-15-17-7-11-19(12-8-17)23(2,3)4/h7-15H,5-6,16H2,1-4H3/b25-15-. The van der Waals surface area contributed by atoms with Gasteiger partial charge in [-0.2, -0.15) is 9.78 Å². The first kappa shape index (κ1) is 21.6. The zero-order valence-corrected chi connectivity index (χ0v) is 19.0. The molecule has 0 fully saturated rings. The number of aromatic nitrogens is 3. The summed E-state index contributed by atoms with van der Waals surface area (Å²) in [7, 11) is 0. The van der Waals surface area contributed by atoms with Crippen LogP contribution in [0.1, 0.15) is 56.6 Å². The highest BCUT2D eigenvalue weighted by molar-refractivity contribution is 7.98. The predicted octanol–water partition coefficient (Wildman–Crippen LogP) is 6.36. The highest BCUT2D eigenvalue weighted by Gasteiger charge is 2.13. The first-order valence-corrected chi connectivity index (χ1v) is 11.2. The molecule has 0 saturated heterocycles.